The van der Waals surface area contributed by atoms with Gasteiger partial charge in [0.1, 0.15) is 11.6 Å². The number of aromatic nitrogens is 2. The van der Waals surface area contributed by atoms with E-state index in [0.717, 1.165) is 23.3 Å². The molecule has 0 saturated carbocycles. The zero-order chi connectivity index (χ0) is 19.3. The Balaban J connectivity index is 1.65. The van der Waals surface area contributed by atoms with Crippen LogP contribution in [0.1, 0.15) is 28.7 Å². The van der Waals surface area contributed by atoms with Crippen molar-refractivity contribution in [2.24, 2.45) is 5.73 Å². The molecule has 1 aliphatic heterocycles. The van der Waals surface area contributed by atoms with E-state index in [0.29, 0.717) is 38.5 Å². The molecule has 9 heteroatoms. The molecule has 2 aliphatic rings. The summed E-state index contributed by atoms with van der Waals surface area (Å²) in [6.45, 7) is 1.39. The lowest BCUT2D eigenvalue weighted by atomic mass is 9.80. The van der Waals surface area contributed by atoms with Gasteiger partial charge in [-0.05, 0) is 18.1 Å². The maximum absolute atomic E-state index is 14.2. The molecule has 0 spiro atoms. The van der Waals surface area contributed by atoms with Crippen LogP contribution in [0.15, 0.2) is 12.1 Å². The Morgan fingerprint density at radius 1 is 1.19 bits per heavy atom. The van der Waals surface area contributed by atoms with Crippen molar-refractivity contribution in [2.75, 3.05) is 13.7 Å². The quantitative estimate of drug-likeness (QED) is 0.769. The number of nitrogens with zero attached hydrogens (tertiary/aromatic N) is 3. The third-order valence-corrected chi connectivity index (χ3v) is 5.39. The van der Waals surface area contributed by atoms with E-state index in [1.807, 2.05) is 4.57 Å². The van der Waals surface area contributed by atoms with Gasteiger partial charge in [-0.15, -0.1) is 0 Å². The number of benzene rings is 1. The second kappa shape index (κ2) is 6.56. The summed E-state index contributed by atoms with van der Waals surface area (Å²) < 4.78 is 47.9. The summed E-state index contributed by atoms with van der Waals surface area (Å²) in [6, 6.07) is 0.991. The van der Waals surface area contributed by atoms with E-state index >= 15 is 0 Å². The lowest BCUT2D eigenvalue weighted by Crippen LogP contribution is -2.40. The highest BCUT2D eigenvalue weighted by atomic mass is 19.2. The fraction of sp³-hybridized carbons (Fsp3) is 0.444. The number of hydrogen-bond donors (Lipinski definition) is 1. The normalized spacial score (nSPS) is 21.6. The van der Waals surface area contributed by atoms with Crippen LogP contribution in [0, 0.1) is 17.5 Å². The fourth-order valence-electron chi connectivity index (χ4n) is 4.01. The lowest BCUT2D eigenvalue weighted by molar-refractivity contribution is 0.111. The number of halogens is 3. The largest absolute Gasteiger partial charge is 0.453 e. The highest BCUT2D eigenvalue weighted by molar-refractivity contribution is 5.67. The molecular formula is C18H19F3N4O2. The first-order valence-electron chi connectivity index (χ1n) is 8.69. The molecule has 2 N–H and O–H groups in total. The van der Waals surface area contributed by atoms with Gasteiger partial charge in [0.15, 0.2) is 11.6 Å². The molecule has 1 aromatic heterocycles. The molecule has 4 rings (SSSR count). The van der Waals surface area contributed by atoms with Crippen molar-refractivity contribution in [1.29, 1.82) is 0 Å². The highest BCUT2D eigenvalue weighted by Crippen LogP contribution is 2.35. The standard InChI is InChI=1S/C18H19F3N4O2/c1-27-18(26)24-2-3-25-16-7-14(22)10(5-15(16)23-17(25)8-24)9-4-12(20)13(21)6-11(9)19/h4,6,10,14H,2-3,5,7-8,22H2,1H3. The summed E-state index contributed by atoms with van der Waals surface area (Å²) >= 11 is 0. The zero-order valence-corrected chi connectivity index (χ0v) is 14.7. The summed E-state index contributed by atoms with van der Waals surface area (Å²) in [7, 11) is 1.33. The first-order valence-corrected chi connectivity index (χ1v) is 8.69. The van der Waals surface area contributed by atoms with E-state index in [1.165, 1.54) is 7.11 Å². The molecular weight excluding hydrogens is 361 g/mol. The van der Waals surface area contributed by atoms with Gasteiger partial charge in [0.05, 0.1) is 19.3 Å². The van der Waals surface area contributed by atoms with Gasteiger partial charge in [-0.1, -0.05) is 0 Å². The second-order valence-electron chi connectivity index (χ2n) is 6.93. The SMILES string of the molecule is COC(=O)N1CCn2c(nc3c2CC(N)C(c2cc(F)c(F)cc2F)C3)C1. The van der Waals surface area contributed by atoms with E-state index in [2.05, 4.69) is 4.98 Å². The van der Waals surface area contributed by atoms with Crippen LogP contribution in [-0.2, 0) is 30.7 Å². The van der Waals surface area contributed by atoms with Gasteiger partial charge < -0.3 is 15.0 Å². The number of carbonyl (C=O) groups excluding carboxylic acids is 1. The molecule has 27 heavy (non-hydrogen) atoms. The van der Waals surface area contributed by atoms with Crippen LogP contribution < -0.4 is 5.73 Å². The van der Waals surface area contributed by atoms with Gasteiger partial charge in [-0.25, -0.2) is 22.9 Å². The van der Waals surface area contributed by atoms with Crippen LogP contribution in [0.5, 0.6) is 0 Å². The van der Waals surface area contributed by atoms with Crippen molar-refractivity contribution < 1.29 is 22.7 Å². The van der Waals surface area contributed by atoms with Crippen molar-refractivity contribution in [3.63, 3.8) is 0 Å². The Morgan fingerprint density at radius 2 is 1.93 bits per heavy atom. The third-order valence-electron chi connectivity index (χ3n) is 5.39. The summed E-state index contributed by atoms with van der Waals surface area (Å²) in [5, 5.41) is 0. The number of nitrogens with two attached hydrogens (primary N) is 1. The minimum Gasteiger partial charge on any atom is -0.453 e. The Kier molecular flexibility index (Phi) is 4.33. The average molecular weight is 380 g/mol. The summed E-state index contributed by atoms with van der Waals surface area (Å²) in [6.07, 6.45) is 0.362. The highest BCUT2D eigenvalue weighted by Gasteiger charge is 2.35. The molecule has 2 unspecified atom stereocenters. The average Bonchev–Trinajstić information content (AvgIpc) is 3.00. The molecule has 0 fully saturated rings. The minimum absolute atomic E-state index is 0.0641. The number of methoxy groups -OCH3 is 1. The van der Waals surface area contributed by atoms with Crippen molar-refractivity contribution in [1.82, 2.24) is 14.5 Å². The Labute approximate surface area is 153 Å². The number of ether oxygens (including phenoxy) is 1. The molecule has 2 heterocycles. The van der Waals surface area contributed by atoms with Crippen LogP contribution in [0.4, 0.5) is 18.0 Å². The Bertz CT molecular complexity index is 914. The fourth-order valence-corrected chi connectivity index (χ4v) is 4.01. The lowest BCUT2D eigenvalue weighted by Gasteiger charge is -2.31. The Morgan fingerprint density at radius 3 is 2.67 bits per heavy atom. The van der Waals surface area contributed by atoms with Gasteiger partial charge in [-0.3, -0.25) is 4.90 Å². The monoisotopic (exact) mass is 380 g/mol. The van der Waals surface area contributed by atoms with Crippen LogP contribution in [0.3, 0.4) is 0 Å². The van der Waals surface area contributed by atoms with E-state index in [4.69, 9.17) is 10.5 Å². The van der Waals surface area contributed by atoms with E-state index in [1.54, 1.807) is 4.90 Å². The number of carbonyl (C=O) groups is 1. The molecule has 0 saturated heterocycles. The summed E-state index contributed by atoms with van der Waals surface area (Å²) in [4.78, 5) is 17.9. The van der Waals surface area contributed by atoms with Gasteiger partial charge in [0.25, 0.3) is 0 Å². The van der Waals surface area contributed by atoms with E-state index < -0.39 is 35.5 Å². The number of imidazole rings is 1. The van der Waals surface area contributed by atoms with Crippen molar-refractivity contribution in [2.45, 2.75) is 37.9 Å². The maximum Gasteiger partial charge on any atom is 0.409 e. The summed E-state index contributed by atoms with van der Waals surface area (Å²) in [5.41, 5.74) is 8.04. The minimum atomic E-state index is -1.22. The molecule has 0 bridgehead atoms. The van der Waals surface area contributed by atoms with Gasteiger partial charge >= 0.3 is 6.09 Å². The molecule has 144 valence electrons. The first-order chi connectivity index (χ1) is 12.9. The predicted molar refractivity (Wildman–Crippen MR) is 89.5 cm³/mol. The van der Waals surface area contributed by atoms with Crippen molar-refractivity contribution in [3.8, 4) is 0 Å². The van der Waals surface area contributed by atoms with Crippen molar-refractivity contribution >= 4 is 6.09 Å². The smallest absolute Gasteiger partial charge is 0.409 e. The maximum atomic E-state index is 14.2. The number of hydrogen-bond acceptors (Lipinski definition) is 4. The molecule has 0 radical (unpaired) electrons. The van der Waals surface area contributed by atoms with Crippen LogP contribution in [0.2, 0.25) is 0 Å². The van der Waals surface area contributed by atoms with Crippen LogP contribution in [-0.4, -0.2) is 40.2 Å². The molecule has 1 aromatic carbocycles. The molecule has 1 aliphatic carbocycles. The Hall–Kier alpha value is -2.55. The van der Waals surface area contributed by atoms with E-state index in [-0.39, 0.29) is 5.56 Å². The molecule has 6 nitrogen and oxygen atoms in total. The van der Waals surface area contributed by atoms with Crippen LogP contribution >= 0.6 is 0 Å². The second-order valence-corrected chi connectivity index (χ2v) is 6.93. The number of rotatable bonds is 1. The predicted octanol–water partition coefficient (Wildman–Crippen LogP) is 2.09. The van der Waals surface area contributed by atoms with Crippen molar-refractivity contribution in [3.05, 3.63) is 52.4 Å². The topological polar surface area (TPSA) is 73.4 Å². The van der Waals surface area contributed by atoms with E-state index in [9.17, 15) is 18.0 Å². The number of amides is 1. The summed E-state index contributed by atoms with van der Waals surface area (Å²) in [5.74, 6) is -2.90. The van der Waals surface area contributed by atoms with Gasteiger partial charge in [0.2, 0.25) is 0 Å². The molecule has 2 aromatic rings. The first kappa shape index (κ1) is 17.8. The van der Waals surface area contributed by atoms with Crippen LogP contribution in [0.25, 0.3) is 0 Å². The third kappa shape index (κ3) is 2.95. The van der Waals surface area contributed by atoms with Gasteiger partial charge in [0, 0.05) is 43.2 Å². The van der Waals surface area contributed by atoms with Gasteiger partial charge in [-0.2, -0.15) is 0 Å². The molecule has 2 atom stereocenters. The molecule has 1 amide bonds. The zero-order valence-electron chi connectivity index (χ0n) is 14.7. The number of fused-ring (bicyclic) bond motifs is 3.